The maximum Gasteiger partial charge on any atom is 0.293 e. The van der Waals surface area contributed by atoms with Crippen LogP contribution in [0, 0.1) is 11.8 Å². The zero-order valence-corrected chi connectivity index (χ0v) is 40.0. The van der Waals surface area contributed by atoms with Gasteiger partial charge in [0.2, 0.25) is 11.8 Å². The van der Waals surface area contributed by atoms with Crippen molar-refractivity contribution in [1.29, 1.82) is 0 Å². The lowest BCUT2D eigenvalue weighted by Crippen LogP contribution is -2.52. The van der Waals surface area contributed by atoms with Crippen molar-refractivity contribution in [2.75, 3.05) is 78.0 Å². The van der Waals surface area contributed by atoms with Gasteiger partial charge in [-0.15, -0.1) is 0 Å². The Morgan fingerprint density at radius 3 is 2.45 bits per heavy atom. The van der Waals surface area contributed by atoms with E-state index in [0.29, 0.717) is 36.2 Å². The lowest BCUT2D eigenvalue weighted by atomic mass is 9.99. The molecule has 2 aromatic carbocycles. The number of piperidine rings is 4. The monoisotopic (exact) mass is 964 g/mol. The van der Waals surface area contributed by atoms with Crippen LogP contribution in [0.1, 0.15) is 72.9 Å². The normalized spacial score (nSPS) is 22.0. The third kappa shape index (κ3) is 11.4. The maximum atomic E-state index is 13.0. The number of fused-ring (bicyclic) bond motifs is 2. The first-order chi connectivity index (χ1) is 33.5. The Labute approximate surface area is 406 Å². The zero-order valence-electron chi connectivity index (χ0n) is 39.3. The highest BCUT2D eigenvalue weighted by Crippen LogP contribution is 2.29. The van der Waals surface area contributed by atoms with Crippen LogP contribution in [-0.2, 0) is 37.4 Å². The van der Waals surface area contributed by atoms with Crippen LogP contribution in [0.5, 0.6) is 5.75 Å². The van der Waals surface area contributed by atoms with Gasteiger partial charge in [0, 0.05) is 94.2 Å². The van der Waals surface area contributed by atoms with Gasteiger partial charge in [-0.2, -0.15) is 0 Å². The number of amides is 4. The SMILES string of the molecule is CNC(=O)COc1cc2cc(NC3N=C(N4CCC(OCCN5CCC(N6CCC(OCC#Cc7ccc8c(c7)CN(C7CCC(=O)NC7=O)C8=O)CC6)CC5)CC4)NC=C3Cl)ccc2n(C)c1=O. The number of guanidine groups is 1. The number of ether oxygens (including phenoxy) is 3. The number of rotatable bonds is 13. The first-order valence-electron chi connectivity index (χ1n) is 24.1. The van der Waals surface area contributed by atoms with Gasteiger partial charge in [0.25, 0.3) is 17.4 Å². The number of hydrogen-bond donors (Lipinski definition) is 4. The number of likely N-dealkylation sites (tertiary alicyclic amines) is 3. The number of pyridine rings is 1. The fourth-order valence-corrected chi connectivity index (χ4v) is 10.3. The molecule has 1 aromatic heterocycles. The molecule has 0 spiro atoms. The van der Waals surface area contributed by atoms with E-state index >= 15 is 0 Å². The zero-order chi connectivity index (χ0) is 48.0. The summed E-state index contributed by atoms with van der Waals surface area (Å²) in [6, 6.07) is 12.8. The minimum Gasteiger partial charge on any atom is -0.478 e. The predicted molar refractivity (Wildman–Crippen MR) is 261 cm³/mol. The number of aromatic nitrogens is 1. The van der Waals surface area contributed by atoms with Gasteiger partial charge in [-0.25, -0.2) is 4.99 Å². The Kier molecular flexibility index (Phi) is 15.2. The average molecular weight is 966 g/mol. The summed E-state index contributed by atoms with van der Waals surface area (Å²) in [5.41, 5.74) is 3.40. The number of aliphatic imine (C=N–C) groups is 1. The molecule has 366 valence electrons. The van der Waals surface area contributed by atoms with Crippen molar-refractivity contribution >= 4 is 57.8 Å². The number of imide groups is 1. The van der Waals surface area contributed by atoms with Crippen molar-refractivity contribution in [1.82, 2.24) is 40.1 Å². The first kappa shape index (κ1) is 48.1. The lowest BCUT2D eigenvalue weighted by Gasteiger charge is -2.41. The van der Waals surface area contributed by atoms with Crippen LogP contribution in [0.25, 0.3) is 10.9 Å². The van der Waals surface area contributed by atoms with Crippen molar-refractivity contribution in [2.45, 2.75) is 88.4 Å². The number of anilines is 1. The van der Waals surface area contributed by atoms with E-state index < -0.39 is 18.1 Å². The molecule has 2 unspecified atom stereocenters. The van der Waals surface area contributed by atoms with Gasteiger partial charge in [-0.3, -0.25) is 29.3 Å². The molecule has 19 heteroatoms. The number of aryl methyl sites for hydroxylation is 1. The molecule has 6 aliphatic rings. The van der Waals surface area contributed by atoms with Crippen LogP contribution in [0.3, 0.4) is 0 Å². The fourth-order valence-electron chi connectivity index (χ4n) is 10.2. The second kappa shape index (κ2) is 21.8. The number of carbonyl (C=O) groups excluding carboxylic acids is 4. The van der Waals surface area contributed by atoms with Gasteiger partial charge < -0.3 is 54.3 Å². The highest BCUT2D eigenvalue weighted by Gasteiger charge is 2.39. The second-order valence-electron chi connectivity index (χ2n) is 18.5. The van der Waals surface area contributed by atoms with Gasteiger partial charge in [0.1, 0.15) is 12.6 Å². The molecule has 0 aliphatic carbocycles. The van der Waals surface area contributed by atoms with Crippen molar-refractivity contribution in [2.24, 2.45) is 12.0 Å². The minimum absolute atomic E-state index is 0.0938. The third-order valence-corrected chi connectivity index (χ3v) is 14.5. The number of nitrogens with zero attached hydrogens (tertiary/aromatic N) is 6. The van der Waals surface area contributed by atoms with Gasteiger partial charge in [-0.05, 0) is 106 Å². The number of carbonyl (C=O) groups is 4. The Morgan fingerprint density at radius 2 is 1.68 bits per heavy atom. The fraction of sp³-hybridized carbons (Fsp3) is 0.520. The Morgan fingerprint density at radius 1 is 0.913 bits per heavy atom. The van der Waals surface area contributed by atoms with Gasteiger partial charge >= 0.3 is 0 Å². The molecule has 7 heterocycles. The Bertz CT molecular complexity index is 2620. The lowest BCUT2D eigenvalue weighted by molar-refractivity contribution is -0.137. The van der Waals surface area contributed by atoms with E-state index in [1.165, 1.54) is 11.6 Å². The van der Waals surface area contributed by atoms with Crippen molar-refractivity contribution in [3.05, 3.63) is 80.7 Å². The molecule has 4 amide bonds. The topological polar surface area (TPSA) is 191 Å². The molecule has 2 atom stereocenters. The van der Waals surface area contributed by atoms with Crippen LogP contribution in [0.15, 0.2) is 63.5 Å². The van der Waals surface area contributed by atoms with E-state index in [9.17, 15) is 24.0 Å². The van der Waals surface area contributed by atoms with E-state index in [2.05, 4.69) is 47.8 Å². The summed E-state index contributed by atoms with van der Waals surface area (Å²) >= 11 is 6.63. The highest BCUT2D eigenvalue weighted by molar-refractivity contribution is 6.30. The quantitative estimate of drug-likeness (QED) is 0.145. The smallest absolute Gasteiger partial charge is 0.293 e. The summed E-state index contributed by atoms with van der Waals surface area (Å²) < 4.78 is 19.6. The third-order valence-electron chi connectivity index (χ3n) is 14.2. The van der Waals surface area contributed by atoms with Crippen LogP contribution in [0.4, 0.5) is 5.69 Å². The van der Waals surface area contributed by atoms with Crippen LogP contribution in [0.2, 0.25) is 0 Å². The highest BCUT2D eigenvalue weighted by atomic mass is 35.5. The molecule has 4 saturated heterocycles. The van der Waals surface area contributed by atoms with Crippen LogP contribution >= 0.6 is 11.6 Å². The summed E-state index contributed by atoms with van der Waals surface area (Å²) in [6.45, 7) is 7.94. The molecular formula is C50H61ClN10O8. The number of hydrogen-bond acceptors (Lipinski definition) is 14. The van der Waals surface area contributed by atoms with Crippen molar-refractivity contribution in [3.8, 4) is 17.6 Å². The molecule has 3 aromatic rings. The summed E-state index contributed by atoms with van der Waals surface area (Å²) in [6.07, 6.45) is 8.36. The molecule has 9 rings (SSSR count). The van der Waals surface area contributed by atoms with Crippen LogP contribution < -0.4 is 31.6 Å². The maximum absolute atomic E-state index is 13.0. The van der Waals surface area contributed by atoms with Crippen molar-refractivity contribution < 1.29 is 33.4 Å². The number of nitrogens with one attached hydrogen (secondary N) is 4. The number of halogens is 1. The van der Waals surface area contributed by atoms with E-state index in [4.69, 9.17) is 30.8 Å². The Hall–Kier alpha value is -5.97. The molecule has 0 bridgehead atoms. The molecule has 4 fully saturated rings. The first-order valence-corrected chi connectivity index (χ1v) is 24.5. The van der Waals surface area contributed by atoms with E-state index in [1.54, 1.807) is 30.3 Å². The molecular weight excluding hydrogens is 904 g/mol. The molecule has 0 radical (unpaired) electrons. The van der Waals surface area contributed by atoms with Gasteiger partial charge in [-0.1, -0.05) is 23.4 Å². The Balaban J connectivity index is 0.651. The number of likely N-dealkylation sites (N-methyl/N-ethyl adjacent to an activating group) is 1. The molecule has 4 N–H and O–H groups in total. The average Bonchev–Trinajstić information content (AvgIpc) is 3.69. The van der Waals surface area contributed by atoms with E-state index in [0.717, 1.165) is 125 Å². The van der Waals surface area contributed by atoms with Crippen LogP contribution in [-0.4, -0.2) is 157 Å². The van der Waals surface area contributed by atoms with Gasteiger partial charge in [0.05, 0.1) is 29.4 Å². The number of benzene rings is 2. The van der Waals surface area contributed by atoms with Gasteiger partial charge in [0.15, 0.2) is 24.5 Å². The standard InChI is InChI=1S/C50H61ClN10O8/c1-52-45(63)31-69-43-28-33-27-35(6-8-41(33)57(2)49(43)66)54-46-40(51)29-53-50(56-46)60-21-15-38(16-22-60)68-25-23-58-17-11-36(12-18-58)59-19-13-37(14-20-59)67-24-3-4-32-5-7-39-34(26-32)30-61(48(39)65)42-9-10-44(62)55-47(42)64/h5-8,26-29,36-38,42,46,54H,9-25,30-31H2,1-2H3,(H,52,63)(H,53,56)(H,55,62,64). The second-order valence-corrected chi connectivity index (χ2v) is 19.0. The molecule has 18 nitrogen and oxygen atoms in total. The summed E-state index contributed by atoms with van der Waals surface area (Å²) in [5.74, 6) is 5.98. The summed E-state index contributed by atoms with van der Waals surface area (Å²) in [5, 5.41) is 12.8. The summed E-state index contributed by atoms with van der Waals surface area (Å²) in [7, 11) is 3.19. The largest absolute Gasteiger partial charge is 0.478 e. The minimum atomic E-state index is -0.629. The molecule has 69 heavy (non-hydrogen) atoms. The van der Waals surface area contributed by atoms with Crippen molar-refractivity contribution in [3.63, 3.8) is 0 Å². The molecule has 6 aliphatic heterocycles. The van der Waals surface area contributed by atoms with E-state index in [-0.39, 0.29) is 54.3 Å². The van der Waals surface area contributed by atoms with E-state index in [1.807, 2.05) is 30.3 Å². The molecule has 0 saturated carbocycles. The predicted octanol–water partition coefficient (Wildman–Crippen LogP) is 2.68. The summed E-state index contributed by atoms with van der Waals surface area (Å²) in [4.78, 5) is 75.4.